The van der Waals surface area contributed by atoms with E-state index in [1.807, 2.05) is 13.8 Å². The Kier molecular flexibility index (Phi) is 11.3. The van der Waals surface area contributed by atoms with Crippen molar-refractivity contribution in [2.45, 2.75) is 78.1 Å². The number of hydrogen-bond donors (Lipinski definition) is 3. The Hall–Kier alpha value is -1.78. The van der Waals surface area contributed by atoms with Crippen LogP contribution >= 0.6 is 0 Å². The molecule has 3 atom stereocenters. The van der Waals surface area contributed by atoms with Gasteiger partial charge in [0.25, 0.3) is 0 Å². The number of nitrogens with zero attached hydrogens (tertiary/aromatic N) is 1. The molecule has 1 rings (SSSR count). The van der Waals surface area contributed by atoms with Crippen molar-refractivity contribution >= 4 is 36.2 Å². The highest BCUT2D eigenvalue weighted by Gasteiger charge is 2.32. The van der Waals surface area contributed by atoms with Crippen LogP contribution in [0.3, 0.4) is 0 Å². The van der Waals surface area contributed by atoms with Crippen LogP contribution in [0, 0.1) is 5.92 Å². The highest BCUT2D eigenvalue weighted by atomic mass is 32.2. The molecule has 36 heavy (non-hydrogen) atoms. The molecule has 1 aliphatic rings. The van der Waals surface area contributed by atoms with E-state index in [1.165, 1.54) is 23.4 Å². The average molecular weight is 571 g/mol. The van der Waals surface area contributed by atoms with Gasteiger partial charge >= 0.3 is 6.09 Å². The van der Waals surface area contributed by atoms with E-state index >= 15 is 0 Å². The molecule has 12 nitrogen and oxygen atoms in total. The Bertz CT molecular complexity index is 1170. The Morgan fingerprint density at radius 1 is 1.03 bits per heavy atom. The third-order valence-corrected chi connectivity index (χ3v) is 8.18. The topological polar surface area (TPSA) is 182 Å². The Labute approximate surface area is 215 Å². The molecule has 208 valence electrons. The van der Waals surface area contributed by atoms with E-state index in [0.29, 0.717) is 18.2 Å². The van der Waals surface area contributed by atoms with Crippen LogP contribution in [0.25, 0.3) is 0 Å². The maximum absolute atomic E-state index is 13.0. The maximum atomic E-state index is 13.0. The molecule has 1 saturated heterocycles. The molecule has 0 aromatic heterocycles. The zero-order chi connectivity index (χ0) is 27.9. The lowest BCUT2D eigenvalue weighted by Gasteiger charge is -2.24. The van der Waals surface area contributed by atoms with E-state index in [-0.39, 0.29) is 12.5 Å². The highest BCUT2D eigenvalue weighted by molar-refractivity contribution is 7.92. The predicted molar refractivity (Wildman–Crippen MR) is 139 cm³/mol. The lowest BCUT2D eigenvalue weighted by Crippen LogP contribution is -2.41. The Morgan fingerprint density at radius 3 is 2.17 bits per heavy atom. The van der Waals surface area contributed by atoms with Gasteiger partial charge in [0.05, 0.1) is 6.04 Å². The molecule has 0 aromatic carbocycles. The summed E-state index contributed by atoms with van der Waals surface area (Å²) in [6.45, 7) is 10.4. The van der Waals surface area contributed by atoms with Gasteiger partial charge in [-0.3, -0.25) is 0 Å². The van der Waals surface area contributed by atoms with E-state index < -0.39 is 59.9 Å². The van der Waals surface area contributed by atoms with Gasteiger partial charge in [0.15, 0.2) is 0 Å². The maximum Gasteiger partial charge on any atom is 0.408 e. The molecule has 15 heteroatoms. The van der Waals surface area contributed by atoms with Crippen molar-refractivity contribution in [1.82, 2.24) is 14.3 Å². The fourth-order valence-corrected chi connectivity index (χ4v) is 6.16. The number of alkyl carbamates (subject to hydrolysis) is 1. The molecular formula is C21H38N4O8S3. The van der Waals surface area contributed by atoms with Crippen LogP contribution in [0.15, 0.2) is 34.5 Å². The minimum absolute atomic E-state index is 0.125. The molecule has 0 radical (unpaired) electrons. The molecule has 4 N–H and O–H groups in total. The standard InChI is InChI=1S/C21H38N4O8S3/c1-16(2)19(23-20(26)33-21(4,5)6)11-15-36(31,32)25-12-7-8-18(25)10-14-35(29,30)24-17(3)9-13-34(22,27)28/h9-11,13-19,24H,7-8,12H2,1-6H3,(H,23,26)(H2,22,27,28)/b13-9+,14-10+,15-11+/t17-,18-,19+/m0/s1. The normalized spacial score (nSPS) is 20.5. The first-order valence-corrected chi connectivity index (χ1v) is 16.0. The largest absolute Gasteiger partial charge is 0.444 e. The van der Waals surface area contributed by atoms with E-state index in [1.54, 1.807) is 20.8 Å². The average Bonchev–Trinajstić information content (AvgIpc) is 3.15. The summed E-state index contributed by atoms with van der Waals surface area (Å²) in [6, 6.07) is -2.17. The van der Waals surface area contributed by atoms with Crippen molar-refractivity contribution in [3.63, 3.8) is 0 Å². The van der Waals surface area contributed by atoms with Crippen molar-refractivity contribution in [1.29, 1.82) is 0 Å². The van der Waals surface area contributed by atoms with Crippen molar-refractivity contribution in [3.8, 4) is 0 Å². The van der Waals surface area contributed by atoms with Gasteiger partial charge in [0.1, 0.15) is 5.60 Å². The molecular weight excluding hydrogens is 532 g/mol. The summed E-state index contributed by atoms with van der Waals surface area (Å²) < 4.78 is 81.2. The molecule has 0 aliphatic carbocycles. The molecule has 1 amide bonds. The minimum atomic E-state index is -3.99. The number of ether oxygens (including phenoxy) is 1. The quantitative estimate of drug-likeness (QED) is 0.334. The van der Waals surface area contributed by atoms with E-state index in [2.05, 4.69) is 10.0 Å². The lowest BCUT2D eigenvalue weighted by atomic mass is 10.1. The zero-order valence-corrected chi connectivity index (χ0v) is 23.9. The molecule has 1 heterocycles. The van der Waals surface area contributed by atoms with E-state index in [0.717, 1.165) is 16.9 Å². The summed E-state index contributed by atoms with van der Waals surface area (Å²) in [6.07, 6.45) is 4.01. The summed E-state index contributed by atoms with van der Waals surface area (Å²) in [5.41, 5.74) is -0.706. The van der Waals surface area contributed by atoms with Crippen LogP contribution < -0.4 is 15.2 Å². The summed E-state index contributed by atoms with van der Waals surface area (Å²) in [5, 5.41) is 10.0. The summed E-state index contributed by atoms with van der Waals surface area (Å²) in [4.78, 5) is 12.1. The van der Waals surface area contributed by atoms with Gasteiger partial charge in [-0.05, 0) is 52.5 Å². The van der Waals surface area contributed by atoms with E-state index in [4.69, 9.17) is 9.88 Å². The first kappa shape index (κ1) is 32.2. The number of carbonyl (C=O) groups excluding carboxylic acids is 1. The van der Waals surface area contributed by atoms with Gasteiger partial charge in [-0.25, -0.2) is 39.9 Å². The number of rotatable bonds is 11. The third kappa shape index (κ3) is 12.5. The first-order valence-electron chi connectivity index (χ1n) is 11.3. The SMILES string of the molecule is CC(C)[C@@H](/C=C/S(=O)(=O)N1CCC[C@H]1/C=C/S(=O)(=O)N[C@@H](C)/C=C/S(N)(=O)=O)NC(=O)OC(C)(C)C. The van der Waals surface area contributed by atoms with Crippen LogP contribution in [0.4, 0.5) is 4.79 Å². The first-order chi connectivity index (χ1) is 16.2. The minimum Gasteiger partial charge on any atom is -0.444 e. The van der Waals surface area contributed by atoms with Crippen molar-refractivity contribution in [2.24, 2.45) is 11.1 Å². The smallest absolute Gasteiger partial charge is 0.408 e. The Balaban J connectivity index is 2.95. The molecule has 0 aromatic rings. The number of carbonyl (C=O) groups is 1. The number of sulfonamides is 3. The number of nitrogens with one attached hydrogen (secondary N) is 2. The number of primary sulfonamides is 1. The molecule has 0 saturated carbocycles. The van der Waals surface area contributed by atoms with Gasteiger partial charge < -0.3 is 10.1 Å². The van der Waals surface area contributed by atoms with Gasteiger partial charge in [-0.2, -0.15) is 4.31 Å². The van der Waals surface area contributed by atoms with Gasteiger partial charge in [0, 0.05) is 34.9 Å². The number of nitrogens with two attached hydrogens (primary N) is 1. The molecule has 1 aliphatic heterocycles. The Morgan fingerprint density at radius 2 is 1.64 bits per heavy atom. The predicted octanol–water partition coefficient (Wildman–Crippen LogP) is 1.47. The molecule has 1 fully saturated rings. The summed E-state index contributed by atoms with van der Waals surface area (Å²) >= 11 is 0. The second-order valence-corrected chi connectivity index (χ2v) is 14.6. The third-order valence-electron chi connectivity index (χ3n) is 4.82. The number of hydrogen-bond acceptors (Lipinski definition) is 8. The molecule has 0 spiro atoms. The van der Waals surface area contributed by atoms with Crippen LogP contribution in [-0.4, -0.2) is 65.9 Å². The fourth-order valence-electron chi connectivity index (χ4n) is 3.18. The lowest BCUT2D eigenvalue weighted by molar-refractivity contribution is 0.0504. The van der Waals surface area contributed by atoms with Gasteiger partial charge in [0.2, 0.25) is 30.1 Å². The van der Waals surface area contributed by atoms with Crippen LogP contribution in [0.2, 0.25) is 0 Å². The zero-order valence-electron chi connectivity index (χ0n) is 21.4. The van der Waals surface area contributed by atoms with E-state index in [9.17, 15) is 30.0 Å². The van der Waals surface area contributed by atoms with Crippen molar-refractivity contribution in [3.05, 3.63) is 34.5 Å². The van der Waals surface area contributed by atoms with Crippen LogP contribution in [0.5, 0.6) is 0 Å². The van der Waals surface area contributed by atoms with Crippen LogP contribution in [-0.2, 0) is 34.8 Å². The monoisotopic (exact) mass is 570 g/mol. The van der Waals surface area contributed by atoms with Crippen molar-refractivity contribution in [2.75, 3.05) is 6.54 Å². The second kappa shape index (κ2) is 12.6. The molecule has 0 unspecified atom stereocenters. The van der Waals surface area contributed by atoms with Crippen molar-refractivity contribution < 1.29 is 34.8 Å². The summed E-state index contributed by atoms with van der Waals surface area (Å²) in [5.74, 6) is -0.125. The second-order valence-electron chi connectivity index (χ2n) is 9.81. The molecule has 0 bridgehead atoms. The fraction of sp³-hybridized carbons (Fsp3) is 0.667. The highest BCUT2D eigenvalue weighted by Crippen LogP contribution is 2.23. The number of amides is 1. The van der Waals surface area contributed by atoms with Crippen LogP contribution in [0.1, 0.15) is 54.4 Å². The van der Waals surface area contributed by atoms with Gasteiger partial charge in [-0.15, -0.1) is 0 Å². The summed E-state index contributed by atoms with van der Waals surface area (Å²) in [7, 11) is -11.8. The van der Waals surface area contributed by atoms with Gasteiger partial charge in [-0.1, -0.05) is 26.0 Å².